The molecule has 0 aromatic carbocycles. The Morgan fingerprint density at radius 3 is 2.57 bits per heavy atom. The van der Waals surface area contributed by atoms with Gasteiger partial charge in [-0.25, -0.2) is 4.79 Å². The van der Waals surface area contributed by atoms with Crippen molar-refractivity contribution in [2.24, 2.45) is 0 Å². The van der Waals surface area contributed by atoms with Crippen molar-refractivity contribution in [1.82, 2.24) is 4.90 Å². The van der Waals surface area contributed by atoms with E-state index < -0.39 is 23.5 Å². The smallest absolute Gasteiger partial charge is 0.413 e. The van der Waals surface area contributed by atoms with Gasteiger partial charge in [0.05, 0.1) is 6.61 Å². The molecule has 1 aliphatic rings. The van der Waals surface area contributed by atoms with E-state index in [2.05, 4.69) is 6.58 Å². The van der Waals surface area contributed by atoms with Gasteiger partial charge in [0.25, 0.3) is 0 Å². The van der Waals surface area contributed by atoms with Crippen molar-refractivity contribution in [3.8, 4) is 0 Å². The Kier molecular flexibility index (Phi) is 5.56. The van der Waals surface area contributed by atoms with Crippen LogP contribution in [0.3, 0.4) is 0 Å². The number of allylic oxidation sites excluding steroid dienone is 1. The minimum Gasteiger partial charge on any atom is -0.444 e. The lowest BCUT2D eigenvalue weighted by molar-refractivity contribution is -0.124. The fourth-order valence-electron chi connectivity index (χ4n) is 2.28. The molecule has 1 saturated heterocycles. The maximum Gasteiger partial charge on any atom is 0.413 e. The van der Waals surface area contributed by atoms with E-state index in [1.807, 2.05) is 0 Å². The fraction of sp³-hybridized carbons (Fsp3) is 0.750. The molecule has 1 amide bonds. The van der Waals surface area contributed by atoms with E-state index in [0.29, 0.717) is 6.42 Å². The van der Waals surface area contributed by atoms with E-state index in [1.165, 1.54) is 4.90 Å². The maximum atomic E-state index is 12.4. The zero-order valence-electron chi connectivity index (χ0n) is 13.8. The van der Waals surface area contributed by atoms with Gasteiger partial charge in [-0.2, -0.15) is 0 Å². The highest BCUT2D eigenvalue weighted by Gasteiger charge is 2.48. The SMILES string of the molecule is C=CCCCC(=O)[C@@H]1COC(C)(C)N1C(=O)OC(C)(C)C. The van der Waals surface area contributed by atoms with E-state index in [4.69, 9.17) is 9.47 Å². The highest BCUT2D eigenvalue weighted by Crippen LogP contribution is 2.30. The van der Waals surface area contributed by atoms with Crippen molar-refractivity contribution >= 4 is 11.9 Å². The first-order valence-electron chi connectivity index (χ1n) is 7.38. The number of carbonyl (C=O) groups is 2. The molecule has 5 nitrogen and oxygen atoms in total. The first-order chi connectivity index (χ1) is 9.58. The third-order valence-corrected chi connectivity index (χ3v) is 3.28. The molecule has 0 spiro atoms. The minimum atomic E-state index is -0.832. The zero-order chi connectivity index (χ0) is 16.3. The van der Waals surface area contributed by atoms with Gasteiger partial charge in [-0.05, 0) is 47.5 Å². The van der Waals surface area contributed by atoms with Crippen LogP contribution in [0.1, 0.15) is 53.9 Å². The number of hydrogen-bond acceptors (Lipinski definition) is 4. The molecule has 5 heteroatoms. The third kappa shape index (κ3) is 4.84. The molecule has 0 bridgehead atoms. The Morgan fingerprint density at radius 2 is 2.05 bits per heavy atom. The number of ether oxygens (including phenoxy) is 2. The van der Waals surface area contributed by atoms with Crippen LogP contribution in [0.25, 0.3) is 0 Å². The third-order valence-electron chi connectivity index (χ3n) is 3.28. The summed E-state index contributed by atoms with van der Waals surface area (Å²) in [5, 5.41) is 0. The number of ketones is 1. The average Bonchev–Trinajstić information content (AvgIpc) is 2.63. The number of Topliss-reactive ketones (excluding diaryl/α,β-unsaturated/α-hetero) is 1. The Labute approximate surface area is 127 Å². The largest absolute Gasteiger partial charge is 0.444 e. The Hall–Kier alpha value is -1.36. The lowest BCUT2D eigenvalue weighted by Gasteiger charge is -2.34. The number of rotatable bonds is 5. The van der Waals surface area contributed by atoms with Crippen LogP contribution in [0, 0.1) is 0 Å². The lowest BCUT2D eigenvalue weighted by atomic mass is 10.1. The maximum absolute atomic E-state index is 12.4. The molecule has 21 heavy (non-hydrogen) atoms. The van der Waals surface area contributed by atoms with Crippen molar-refractivity contribution in [3.05, 3.63) is 12.7 Å². The molecule has 1 heterocycles. The van der Waals surface area contributed by atoms with Crippen LogP contribution in [-0.4, -0.2) is 40.8 Å². The summed E-state index contributed by atoms with van der Waals surface area (Å²) in [5.41, 5.74) is -1.44. The van der Waals surface area contributed by atoms with Crippen LogP contribution in [0.15, 0.2) is 12.7 Å². The van der Waals surface area contributed by atoms with Gasteiger partial charge in [0, 0.05) is 6.42 Å². The molecule has 1 aliphatic heterocycles. The topological polar surface area (TPSA) is 55.8 Å². The highest BCUT2D eigenvalue weighted by molar-refractivity contribution is 5.88. The van der Waals surface area contributed by atoms with Gasteiger partial charge in [-0.3, -0.25) is 9.69 Å². The molecule has 1 atom stereocenters. The van der Waals surface area contributed by atoms with Crippen molar-refractivity contribution < 1.29 is 19.1 Å². The van der Waals surface area contributed by atoms with Gasteiger partial charge in [0.2, 0.25) is 0 Å². The van der Waals surface area contributed by atoms with Crippen molar-refractivity contribution in [2.45, 2.75) is 71.2 Å². The zero-order valence-corrected chi connectivity index (χ0v) is 13.8. The van der Waals surface area contributed by atoms with Crippen LogP contribution in [0.4, 0.5) is 4.79 Å². The van der Waals surface area contributed by atoms with Crippen molar-refractivity contribution in [2.75, 3.05) is 6.61 Å². The summed E-state index contributed by atoms with van der Waals surface area (Å²) in [6, 6.07) is -0.570. The minimum absolute atomic E-state index is 0.00767. The predicted octanol–water partition coefficient (Wildman–Crippen LogP) is 3.28. The molecule has 1 fully saturated rings. The van der Waals surface area contributed by atoms with Gasteiger partial charge in [-0.1, -0.05) is 6.08 Å². The van der Waals surface area contributed by atoms with Crippen molar-refractivity contribution in [1.29, 1.82) is 0 Å². The summed E-state index contributed by atoms with van der Waals surface area (Å²) in [4.78, 5) is 26.1. The summed E-state index contributed by atoms with van der Waals surface area (Å²) < 4.78 is 11.0. The summed E-state index contributed by atoms with van der Waals surface area (Å²) in [7, 11) is 0. The van der Waals surface area contributed by atoms with Gasteiger partial charge >= 0.3 is 6.09 Å². The molecule has 0 aliphatic carbocycles. The number of hydrogen-bond donors (Lipinski definition) is 0. The molecule has 0 aromatic rings. The second-order valence-corrected chi connectivity index (χ2v) is 6.77. The normalized spacial score (nSPS) is 21.2. The van der Waals surface area contributed by atoms with E-state index in [-0.39, 0.29) is 12.4 Å². The van der Waals surface area contributed by atoms with Gasteiger partial charge < -0.3 is 9.47 Å². The van der Waals surface area contributed by atoms with E-state index in [9.17, 15) is 9.59 Å². The molecule has 120 valence electrons. The first-order valence-corrected chi connectivity index (χ1v) is 7.38. The molecular formula is C16H27NO4. The van der Waals surface area contributed by atoms with Gasteiger partial charge in [0.1, 0.15) is 17.4 Å². The summed E-state index contributed by atoms with van der Waals surface area (Å²) in [6.45, 7) is 12.8. The highest BCUT2D eigenvalue weighted by atomic mass is 16.6. The molecule has 1 rings (SSSR count). The van der Waals surface area contributed by atoms with Crippen LogP contribution < -0.4 is 0 Å². The Morgan fingerprint density at radius 1 is 1.43 bits per heavy atom. The lowest BCUT2D eigenvalue weighted by Crippen LogP contribution is -2.52. The summed E-state index contributed by atoms with van der Waals surface area (Å²) in [5.74, 6) is 0.00767. The Bertz CT molecular complexity index is 409. The molecular weight excluding hydrogens is 270 g/mol. The second-order valence-electron chi connectivity index (χ2n) is 6.77. The standard InChI is InChI=1S/C16H27NO4/c1-7-8-9-10-13(18)12-11-20-16(5,6)17(12)14(19)21-15(2,3)4/h7,12H,1,8-11H2,2-6H3/t12-/m0/s1. The number of nitrogens with zero attached hydrogens (tertiary/aromatic N) is 1. The molecule has 0 aromatic heterocycles. The number of amides is 1. The predicted molar refractivity (Wildman–Crippen MR) is 80.9 cm³/mol. The van der Waals surface area contributed by atoms with E-state index >= 15 is 0 Å². The quantitative estimate of drug-likeness (QED) is 0.577. The number of unbranched alkanes of at least 4 members (excludes halogenated alkanes) is 1. The van der Waals surface area contributed by atoms with Crippen LogP contribution in [0.2, 0.25) is 0 Å². The fourth-order valence-corrected chi connectivity index (χ4v) is 2.28. The van der Waals surface area contributed by atoms with E-state index in [1.54, 1.807) is 40.7 Å². The number of carbonyl (C=O) groups excluding carboxylic acids is 2. The van der Waals surface area contributed by atoms with Crippen LogP contribution >= 0.6 is 0 Å². The molecule has 0 radical (unpaired) electrons. The molecule has 0 unspecified atom stereocenters. The Balaban J connectivity index is 2.81. The van der Waals surface area contributed by atoms with Crippen molar-refractivity contribution in [3.63, 3.8) is 0 Å². The first kappa shape index (κ1) is 17.7. The van der Waals surface area contributed by atoms with E-state index in [0.717, 1.165) is 12.8 Å². The van der Waals surface area contributed by atoms with Gasteiger partial charge in [-0.15, -0.1) is 6.58 Å². The van der Waals surface area contributed by atoms with Crippen LogP contribution in [0.5, 0.6) is 0 Å². The van der Waals surface area contributed by atoms with Gasteiger partial charge in [0.15, 0.2) is 5.78 Å². The molecule has 0 N–H and O–H groups in total. The van der Waals surface area contributed by atoms with Crippen LogP contribution in [-0.2, 0) is 14.3 Å². The average molecular weight is 297 g/mol. The second kappa shape index (κ2) is 6.60. The summed E-state index contributed by atoms with van der Waals surface area (Å²) >= 11 is 0. The summed E-state index contributed by atoms with van der Waals surface area (Å²) in [6.07, 6.45) is 3.21. The monoisotopic (exact) mass is 297 g/mol. The molecule has 0 saturated carbocycles.